The summed E-state index contributed by atoms with van der Waals surface area (Å²) in [5, 5.41) is 0. The topological polar surface area (TPSA) is 46.2 Å². The van der Waals surface area contributed by atoms with Crippen molar-refractivity contribution in [2.45, 2.75) is 62.9 Å². The van der Waals surface area contributed by atoms with E-state index in [-0.39, 0.29) is 38.6 Å². The van der Waals surface area contributed by atoms with E-state index in [1.165, 1.54) is 12.1 Å². The summed E-state index contributed by atoms with van der Waals surface area (Å²) < 4.78 is 65.7. The smallest absolute Gasteiger partial charge is 0.301 e. The highest BCUT2D eigenvalue weighted by molar-refractivity contribution is 5.24. The van der Waals surface area contributed by atoms with Gasteiger partial charge in [0, 0.05) is 5.56 Å². The maximum atomic E-state index is 16.8. The van der Waals surface area contributed by atoms with Gasteiger partial charge >= 0.3 is 5.92 Å². The summed E-state index contributed by atoms with van der Waals surface area (Å²) in [6, 6.07) is 46.3. The quantitative estimate of drug-likeness (QED) is 0.114. The van der Waals surface area contributed by atoms with Gasteiger partial charge in [-0.2, -0.15) is 8.78 Å². The van der Waals surface area contributed by atoms with Gasteiger partial charge in [-0.15, -0.1) is 0 Å². The van der Waals surface area contributed by atoms with Gasteiger partial charge in [0.1, 0.15) is 24.4 Å². The minimum atomic E-state index is -3.43. The Hall–Kier alpha value is -4.24. The minimum Gasteiger partial charge on any atom is -0.374 e. The summed E-state index contributed by atoms with van der Waals surface area (Å²) in [5.41, 5.74) is 3.47. The van der Waals surface area contributed by atoms with Crippen molar-refractivity contribution >= 4 is 0 Å². The SMILES string of the molecule is FC(F)(c1ccccc1)C1O[C@H](COCc2ccccc2)[C@@H](OCc2ccccc2)[C@H](OCc2ccccc2)[C@H]1OCc1ccccc1. The largest absolute Gasteiger partial charge is 0.374 e. The summed E-state index contributed by atoms with van der Waals surface area (Å²) in [7, 11) is 0. The second-order valence-electron chi connectivity index (χ2n) is 11.9. The molecular formula is C41H40F2O5. The van der Waals surface area contributed by atoms with E-state index >= 15 is 8.78 Å². The molecule has 0 amide bonds. The Bertz CT molecular complexity index is 1620. The molecule has 5 atom stereocenters. The maximum absolute atomic E-state index is 16.8. The van der Waals surface area contributed by atoms with Gasteiger partial charge < -0.3 is 23.7 Å². The number of rotatable bonds is 15. The van der Waals surface area contributed by atoms with Crippen LogP contribution in [-0.4, -0.2) is 37.1 Å². The molecule has 0 aliphatic carbocycles. The van der Waals surface area contributed by atoms with Gasteiger partial charge in [0.25, 0.3) is 0 Å². The van der Waals surface area contributed by atoms with E-state index in [2.05, 4.69) is 0 Å². The first-order chi connectivity index (χ1) is 23.6. The molecule has 0 aromatic heterocycles. The van der Waals surface area contributed by atoms with Gasteiger partial charge in [0.05, 0.1) is 33.0 Å². The van der Waals surface area contributed by atoms with Crippen molar-refractivity contribution in [3.05, 3.63) is 179 Å². The van der Waals surface area contributed by atoms with Crippen molar-refractivity contribution in [1.82, 2.24) is 0 Å². The van der Waals surface area contributed by atoms with Crippen LogP contribution in [0.1, 0.15) is 27.8 Å². The van der Waals surface area contributed by atoms with Crippen LogP contribution in [0.4, 0.5) is 8.78 Å². The Labute approximate surface area is 281 Å². The van der Waals surface area contributed by atoms with E-state index in [0.29, 0.717) is 0 Å². The summed E-state index contributed by atoms with van der Waals surface area (Å²) in [6.07, 6.45) is -5.53. The third-order valence-corrected chi connectivity index (χ3v) is 8.40. The van der Waals surface area contributed by atoms with Crippen molar-refractivity contribution in [3.8, 4) is 0 Å². The Balaban J connectivity index is 1.36. The number of benzene rings is 5. The number of ether oxygens (including phenoxy) is 5. The highest BCUT2D eigenvalue weighted by Crippen LogP contribution is 2.42. The predicted octanol–water partition coefficient (Wildman–Crippen LogP) is 8.52. The molecule has 5 aromatic rings. The Morgan fingerprint density at radius 1 is 0.458 bits per heavy atom. The molecule has 1 aliphatic rings. The second kappa shape index (κ2) is 16.7. The standard InChI is InChI=1S/C41H40F2O5/c42-41(43,35-24-14-5-15-25-35)40-39(47-29-34-22-12-4-13-23-34)38(46-28-33-20-10-3-11-21-33)37(45-27-32-18-8-2-9-19-32)36(48-40)30-44-26-31-16-6-1-7-17-31/h1-25,36-40H,26-30H2/t36-,37-,38+,39-,40?/m1/s1. The highest BCUT2D eigenvalue weighted by Gasteiger charge is 2.58. The third-order valence-electron chi connectivity index (χ3n) is 8.40. The molecule has 0 bridgehead atoms. The van der Waals surface area contributed by atoms with Gasteiger partial charge in [-0.05, 0) is 22.3 Å². The van der Waals surface area contributed by atoms with Crippen molar-refractivity contribution < 1.29 is 32.5 Å². The fraction of sp³-hybridized carbons (Fsp3) is 0.268. The molecule has 5 aromatic carbocycles. The fourth-order valence-corrected chi connectivity index (χ4v) is 5.91. The molecule has 1 heterocycles. The van der Waals surface area contributed by atoms with E-state index in [1.54, 1.807) is 18.2 Å². The molecule has 7 heteroatoms. The molecule has 0 N–H and O–H groups in total. The average Bonchev–Trinajstić information content (AvgIpc) is 3.14. The first-order valence-corrected chi connectivity index (χ1v) is 16.2. The first kappa shape index (κ1) is 33.7. The zero-order valence-corrected chi connectivity index (χ0v) is 26.7. The van der Waals surface area contributed by atoms with E-state index < -0.39 is 36.4 Å². The van der Waals surface area contributed by atoms with Crippen LogP contribution >= 0.6 is 0 Å². The van der Waals surface area contributed by atoms with E-state index in [9.17, 15) is 0 Å². The summed E-state index contributed by atoms with van der Waals surface area (Å²) in [6.45, 7) is 0.771. The molecule has 0 spiro atoms. The molecule has 48 heavy (non-hydrogen) atoms. The van der Waals surface area contributed by atoms with Gasteiger partial charge in [0.15, 0.2) is 6.10 Å². The molecule has 0 radical (unpaired) electrons. The lowest BCUT2D eigenvalue weighted by Crippen LogP contribution is -2.64. The van der Waals surface area contributed by atoms with Crippen molar-refractivity contribution in [1.29, 1.82) is 0 Å². The zero-order valence-electron chi connectivity index (χ0n) is 26.7. The van der Waals surface area contributed by atoms with Gasteiger partial charge in [0.2, 0.25) is 0 Å². The van der Waals surface area contributed by atoms with Crippen molar-refractivity contribution in [3.63, 3.8) is 0 Å². The van der Waals surface area contributed by atoms with Crippen LogP contribution in [0, 0.1) is 0 Å². The monoisotopic (exact) mass is 650 g/mol. The molecule has 0 saturated carbocycles. The molecule has 1 fully saturated rings. The lowest BCUT2D eigenvalue weighted by molar-refractivity contribution is -0.312. The molecule has 1 unspecified atom stereocenters. The lowest BCUT2D eigenvalue weighted by atomic mass is 9.88. The first-order valence-electron chi connectivity index (χ1n) is 16.2. The van der Waals surface area contributed by atoms with Crippen LogP contribution in [0.5, 0.6) is 0 Å². The lowest BCUT2D eigenvalue weighted by Gasteiger charge is -2.48. The Morgan fingerprint density at radius 3 is 1.29 bits per heavy atom. The van der Waals surface area contributed by atoms with E-state index in [0.717, 1.165) is 22.3 Å². The maximum Gasteiger partial charge on any atom is 0.301 e. The number of halogens is 2. The summed E-state index contributed by atoms with van der Waals surface area (Å²) in [4.78, 5) is 0. The van der Waals surface area contributed by atoms with Crippen molar-refractivity contribution in [2.24, 2.45) is 0 Å². The van der Waals surface area contributed by atoms with Crippen LogP contribution in [0.3, 0.4) is 0 Å². The number of hydrogen-bond donors (Lipinski definition) is 0. The number of alkyl halides is 2. The van der Waals surface area contributed by atoms with Gasteiger partial charge in [-0.3, -0.25) is 0 Å². The van der Waals surface area contributed by atoms with E-state index in [4.69, 9.17) is 23.7 Å². The minimum absolute atomic E-state index is 0.00627. The van der Waals surface area contributed by atoms with Gasteiger partial charge in [-0.25, -0.2) is 0 Å². The van der Waals surface area contributed by atoms with Crippen molar-refractivity contribution in [2.75, 3.05) is 6.61 Å². The second-order valence-corrected chi connectivity index (χ2v) is 11.9. The molecular weight excluding hydrogens is 610 g/mol. The fourth-order valence-electron chi connectivity index (χ4n) is 5.91. The number of hydrogen-bond acceptors (Lipinski definition) is 5. The Morgan fingerprint density at radius 2 is 0.833 bits per heavy atom. The predicted molar refractivity (Wildman–Crippen MR) is 180 cm³/mol. The van der Waals surface area contributed by atoms with Crippen LogP contribution in [0.2, 0.25) is 0 Å². The van der Waals surface area contributed by atoms with Gasteiger partial charge in [-0.1, -0.05) is 152 Å². The van der Waals surface area contributed by atoms with Crippen LogP contribution in [0.15, 0.2) is 152 Å². The van der Waals surface area contributed by atoms with Crippen LogP contribution < -0.4 is 0 Å². The van der Waals surface area contributed by atoms with E-state index in [1.807, 2.05) is 121 Å². The molecule has 5 nitrogen and oxygen atoms in total. The Kier molecular flexibility index (Phi) is 11.7. The molecule has 248 valence electrons. The summed E-state index contributed by atoms with van der Waals surface area (Å²) >= 11 is 0. The normalized spacial score (nSPS) is 21.2. The highest BCUT2D eigenvalue weighted by atomic mass is 19.3. The zero-order chi connectivity index (χ0) is 33.0. The molecule has 1 aliphatic heterocycles. The summed E-state index contributed by atoms with van der Waals surface area (Å²) in [5.74, 6) is -3.43. The molecule has 6 rings (SSSR count). The van der Waals surface area contributed by atoms with Crippen LogP contribution in [-0.2, 0) is 56.0 Å². The average molecular weight is 651 g/mol. The third kappa shape index (κ3) is 8.81. The molecule has 1 saturated heterocycles. The van der Waals surface area contributed by atoms with Crippen LogP contribution in [0.25, 0.3) is 0 Å².